The molecule has 0 saturated heterocycles. The number of benzene rings is 2. The molecule has 0 saturated carbocycles. The number of hydrogen-bond donors (Lipinski definition) is 0. The molecular formula is C23H22N2O5S. The van der Waals surface area contributed by atoms with Gasteiger partial charge >= 0.3 is 5.97 Å². The molecule has 0 aliphatic rings. The average Bonchev–Trinajstić information content (AvgIpc) is 3.13. The van der Waals surface area contributed by atoms with Crippen LogP contribution in [0.4, 0.5) is 0 Å². The number of aryl methyl sites for hydroxylation is 1. The Balaban J connectivity index is 1.52. The molecule has 4 aromatic rings. The zero-order chi connectivity index (χ0) is 21.8. The number of aromatic nitrogens is 2. The molecule has 2 aromatic heterocycles. The minimum Gasteiger partial charge on any atom is -0.491 e. The van der Waals surface area contributed by atoms with Gasteiger partial charge in [-0.15, -0.1) is 11.3 Å². The number of thiophene rings is 1. The highest BCUT2D eigenvalue weighted by Crippen LogP contribution is 2.28. The van der Waals surface area contributed by atoms with E-state index in [0.29, 0.717) is 40.4 Å². The van der Waals surface area contributed by atoms with Gasteiger partial charge in [0.2, 0.25) is 0 Å². The van der Waals surface area contributed by atoms with Crippen molar-refractivity contribution in [1.29, 1.82) is 0 Å². The number of methoxy groups -OCH3 is 1. The molecular weight excluding hydrogens is 416 g/mol. The van der Waals surface area contributed by atoms with Gasteiger partial charge < -0.3 is 14.2 Å². The van der Waals surface area contributed by atoms with Crippen molar-refractivity contribution in [2.75, 3.05) is 26.9 Å². The van der Waals surface area contributed by atoms with Crippen LogP contribution in [0.15, 0.2) is 53.6 Å². The highest BCUT2D eigenvalue weighted by molar-refractivity contribution is 7.20. The fourth-order valence-electron chi connectivity index (χ4n) is 3.37. The van der Waals surface area contributed by atoms with Crippen molar-refractivity contribution in [2.24, 2.45) is 0 Å². The van der Waals surface area contributed by atoms with Crippen LogP contribution in [-0.2, 0) is 16.0 Å². The maximum Gasteiger partial charge on any atom is 0.348 e. The van der Waals surface area contributed by atoms with E-state index in [9.17, 15) is 9.59 Å². The van der Waals surface area contributed by atoms with Crippen molar-refractivity contribution in [1.82, 2.24) is 9.55 Å². The third-order valence-electron chi connectivity index (χ3n) is 4.96. The van der Waals surface area contributed by atoms with Crippen molar-refractivity contribution in [3.8, 4) is 5.75 Å². The van der Waals surface area contributed by atoms with Gasteiger partial charge in [-0.05, 0) is 23.9 Å². The number of ether oxygens (including phenoxy) is 3. The van der Waals surface area contributed by atoms with Gasteiger partial charge in [0.05, 0.1) is 24.9 Å². The van der Waals surface area contributed by atoms with Crippen LogP contribution in [0.5, 0.6) is 5.75 Å². The SMILES string of the molecule is COCCOC(=O)c1sc2ncn(CCOc3cccc4ccccc34)c(=O)c2c1C. The minimum absolute atomic E-state index is 0.159. The van der Waals surface area contributed by atoms with Crippen LogP contribution in [-0.4, -0.2) is 42.5 Å². The van der Waals surface area contributed by atoms with E-state index in [1.165, 1.54) is 18.0 Å². The first-order chi connectivity index (χ1) is 15.1. The molecule has 2 aromatic carbocycles. The van der Waals surface area contributed by atoms with E-state index in [1.807, 2.05) is 42.5 Å². The molecule has 0 unspecified atom stereocenters. The van der Waals surface area contributed by atoms with E-state index in [-0.39, 0.29) is 12.2 Å². The molecule has 160 valence electrons. The third-order valence-corrected chi connectivity index (χ3v) is 6.14. The minimum atomic E-state index is -0.470. The average molecular weight is 439 g/mol. The van der Waals surface area contributed by atoms with Crippen molar-refractivity contribution in [3.63, 3.8) is 0 Å². The van der Waals surface area contributed by atoms with Gasteiger partial charge in [0.15, 0.2) is 0 Å². The molecule has 0 radical (unpaired) electrons. The van der Waals surface area contributed by atoms with Crippen LogP contribution >= 0.6 is 11.3 Å². The Kier molecular flexibility index (Phi) is 6.29. The first-order valence-electron chi connectivity index (χ1n) is 9.85. The van der Waals surface area contributed by atoms with Gasteiger partial charge in [-0.3, -0.25) is 9.36 Å². The van der Waals surface area contributed by atoms with Crippen LogP contribution in [0, 0.1) is 6.92 Å². The standard InChI is InChI=1S/C23H22N2O5S/c1-15-19-21(31-20(15)23(27)30-13-12-28-2)24-14-25(22(19)26)10-11-29-18-9-5-7-16-6-3-4-8-17(16)18/h3-9,14H,10-13H2,1-2H3. The van der Waals surface area contributed by atoms with Crippen LogP contribution < -0.4 is 10.3 Å². The summed E-state index contributed by atoms with van der Waals surface area (Å²) < 4.78 is 17.5. The second-order valence-electron chi connectivity index (χ2n) is 6.93. The molecule has 0 bridgehead atoms. The Morgan fingerprint density at radius 1 is 1.10 bits per heavy atom. The summed E-state index contributed by atoms with van der Waals surface area (Å²) in [6.07, 6.45) is 1.49. The molecule has 2 heterocycles. The summed E-state index contributed by atoms with van der Waals surface area (Å²) in [4.78, 5) is 30.6. The third kappa shape index (κ3) is 4.30. The molecule has 4 rings (SSSR count). The summed E-state index contributed by atoms with van der Waals surface area (Å²) in [7, 11) is 1.54. The maximum atomic E-state index is 13.0. The number of fused-ring (bicyclic) bond motifs is 2. The van der Waals surface area contributed by atoms with Crippen molar-refractivity contribution >= 4 is 38.3 Å². The smallest absolute Gasteiger partial charge is 0.348 e. The number of carbonyl (C=O) groups excluding carboxylic acids is 1. The van der Waals surface area contributed by atoms with E-state index in [4.69, 9.17) is 14.2 Å². The second kappa shape index (κ2) is 9.28. The lowest BCUT2D eigenvalue weighted by atomic mass is 10.1. The lowest BCUT2D eigenvalue weighted by Crippen LogP contribution is -2.23. The van der Waals surface area contributed by atoms with Gasteiger partial charge in [0.1, 0.15) is 28.7 Å². The van der Waals surface area contributed by atoms with Crippen LogP contribution in [0.25, 0.3) is 21.0 Å². The highest BCUT2D eigenvalue weighted by Gasteiger charge is 2.20. The Bertz CT molecular complexity index is 1290. The fourth-order valence-corrected chi connectivity index (χ4v) is 4.40. The molecule has 31 heavy (non-hydrogen) atoms. The Morgan fingerprint density at radius 3 is 2.74 bits per heavy atom. The molecule has 8 heteroatoms. The van der Waals surface area contributed by atoms with Crippen LogP contribution in [0.3, 0.4) is 0 Å². The van der Waals surface area contributed by atoms with Crippen LogP contribution in [0.2, 0.25) is 0 Å². The van der Waals surface area contributed by atoms with Crippen molar-refractivity contribution in [2.45, 2.75) is 13.5 Å². The van der Waals surface area contributed by atoms with E-state index in [2.05, 4.69) is 4.98 Å². The van der Waals surface area contributed by atoms with Gasteiger partial charge in [-0.25, -0.2) is 9.78 Å². The summed E-state index contributed by atoms with van der Waals surface area (Å²) in [5.74, 6) is 0.302. The molecule has 0 fully saturated rings. The van der Waals surface area contributed by atoms with Gasteiger partial charge in [0, 0.05) is 12.5 Å². The van der Waals surface area contributed by atoms with Crippen molar-refractivity contribution < 1.29 is 19.0 Å². The van der Waals surface area contributed by atoms with Gasteiger partial charge in [0.25, 0.3) is 5.56 Å². The quantitative estimate of drug-likeness (QED) is 0.308. The summed E-state index contributed by atoms with van der Waals surface area (Å²) in [5, 5.41) is 2.56. The van der Waals surface area contributed by atoms with Gasteiger partial charge in [-0.2, -0.15) is 0 Å². The van der Waals surface area contributed by atoms with Crippen LogP contribution in [0.1, 0.15) is 15.2 Å². The molecule has 7 nitrogen and oxygen atoms in total. The predicted molar refractivity (Wildman–Crippen MR) is 120 cm³/mol. The zero-order valence-electron chi connectivity index (χ0n) is 17.3. The molecule has 0 amide bonds. The van der Waals surface area contributed by atoms with E-state index in [1.54, 1.807) is 6.92 Å². The van der Waals surface area contributed by atoms with Gasteiger partial charge in [-0.1, -0.05) is 36.4 Å². The molecule has 0 atom stereocenters. The highest BCUT2D eigenvalue weighted by atomic mass is 32.1. The topological polar surface area (TPSA) is 79.7 Å². The lowest BCUT2D eigenvalue weighted by molar-refractivity contribution is 0.0393. The Labute approximate surface area is 182 Å². The summed E-state index contributed by atoms with van der Waals surface area (Å²) >= 11 is 1.16. The summed E-state index contributed by atoms with van der Waals surface area (Å²) in [6, 6.07) is 13.9. The number of nitrogens with zero attached hydrogens (tertiary/aromatic N) is 2. The predicted octanol–water partition coefficient (Wildman–Crippen LogP) is 3.80. The van der Waals surface area contributed by atoms with E-state index < -0.39 is 5.97 Å². The first-order valence-corrected chi connectivity index (χ1v) is 10.7. The normalized spacial score (nSPS) is 11.2. The number of esters is 1. The number of rotatable bonds is 8. The molecule has 0 aliphatic heterocycles. The zero-order valence-corrected chi connectivity index (χ0v) is 18.1. The number of hydrogen-bond acceptors (Lipinski definition) is 7. The fraction of sp³-hybridized carbons (Fsp3) is 0.261. The summed E-state index contributed by atoms with van der Waals surface area (Å²) in [5.41, 5.74) is 0.389. The van der Waals surface area contributed by atoms with E-state index >= 15 is 0 Å². The maximum absolute atomic E-state index is 13.0. The number of carbonyl (C=O) groups is 1. The molecule has 0 aliphatic carbocycles. The Morgan fingerprint density at radius 2 is 1.90 bits per heavy atom. The largest absolute Gasteiger partial charge is 0.491 e. The first kappa shape index (κ1) is 21.0. The van der Waals surface area contributed by atoms with E-state index in [0.717, 1.165) is 27.9 Å². The Hall–Kier alpha value is -3.23. The second-order valence-corrected chi connectivity index (χ2v) is 7.93. The molecule has 0 N–H and O–H groups in total. The molecule has 0 spiro atoms. The van der Waals surface area contributed by atoms with Crippen molar-refractivity contribution in [3.05, 3.63) is 69.6 Å². The monoisotopic (exact) mass is 438 g/mol. The lowest BCUT2D eigenvalue weighted by Gasteiger charge is -2.10. The summed E-state index contributed by atoms with van der Waals surface area (Å²) in [6.45, 7) is 2.87.